The lowest BCUT2D eigenvalue weighted by Crippen LogP contribution is -1.78. The van der Waals surface area contributed by atoms with E-state index < -0.39 is 0 Å². The zero-order valence-electron chi connectivity index (χ0n) is 8.12. The van der Waals surface area contributed by atoms with Crippen molar-refractivity contribution in [1.82, 2.24) is 0 Å². The molecule has 0 saturated carbocycles. The third kappa shape index (κ3) is 1.62. The Bertz CT molecular complexity index is 575. The largest absolute Gasteiger partial charge is 0.464 e. The molecule has 0 spiro atoms. The maximum Gasteiger partial charge on any atom is 0.134 e. The fourth-order valence-electron chi connectivity index (χ4n) is 1.40. The highest BCUT2D eigenvalue weighted by Crippen LogP contribution is 2.31. The summed E-state index contributed by atoms with van der Waals surface area (Å²) in [4.78, 5) is 0. The SMILES string of the molecule is CC(C#N)=C(Cl)c1coc2ccccc12. The van der Waals surface area contributed by atoms with Gasteiger partial charge in [0.05, 0.1) is 11.1 Å². The quantitative estimate of drug-likeness (QED) is 0.679. The summed E-state index contributed by atoms with van der Waals surface area (Å²) in [7, 11) is 0. The summed E-state index contributed by atoms with van der Waals surface area (Å²) < 4.78 is 5.34. The highest BCUT2D eigenvalue weighted by molar-refractivity contribution is 6.50. The molecule has 0 saturated heterocycles. The van der Waals surface area contributed by atoms with Gasteiger partial charge in [0.15, 0.2) is 0 Å². The number of benzene rings is 1. The molecule has 0 radical (unpaired) electrons. The van der Waals surface area contributed by atoms with Crippen molar-refractivity contribution in [3.05, 3.63) is 41.7 Å². The molecule has 74 valence electrons. The van der Waals surface area contributed by atoms with Crippen LogP contribution < -0.4 is 0 Å². The number of fused-ring (bicyclic) bond motifs is 1. The smallest absolute Gasteiger partial charge is 0.134 e. The standard InChI is InChI=1S/C12H8ClNO/c1-8(6-14)12(13)10-7-15-11-5-3-2-4-9(10)11/h2-5,7H,1H3. The van der Waals surface area contributed by atoms with E-state index in [4.69, 9.17) is 21.3 Å². The van der Waals surface area contributed by atoms with Crippen molar-refractivity contribution in [2.45, 2.75) is 6.92 Å². The first-order chi connectivity index (χ1) is 7.24. The molecule has 2 rings (SSSR count). The van der Waals surface area contributed by atoms with E-state index in [1.54, 1.807) is 13.2 Å². The van der Waals surface area contributed by atoms with Crippen LogP contribution in [0, 0.1) is 11.3 Å². The molecule has 0 unspecified atom stereocenters. The van der Waals surface area contributed by atoms with Crippen molar-refractivity contribution in [1.29, 1.82) is 5.26 Å². The Balaban J connectivity index is 2.69. The van der Waals surface area contributed by atoms with Crippen LogP contribution in [0.3, 0.4) is 0 Å². The van der Waals surface area contributed by atoms with E-state index in [2.05, 4.69) is 0 Å². The van der Waals surface area contributed by atoms with Gasteiger partial charge in [0.25, 0.3) is 0 Å². The Kier molecular flexibility index (Phi) is 2.49. The van der Waals surface area contributed by atoms with Gasteiger partial charge in [0, 0.05) is 16.5 Å². The van der Waals surface area contributed by atoms with Crippen LogP contribution >= 0.6 is 11.6 Å². The Morgan fingerprint density at radius 2 is 2.13 bits per heavy atom. The zero-order valence-corrected chi connectivity index (χ0v) is 8.88. The molecule has 0 aliphatic heterocycles. The zero-order chi connectivity index (χ0) is 10.8. The highest BCUT2D eigenvalue weighted by Gasteiger charge is 2.10. The highest BCUT2D eigenvalue weighted by atomic mass is 35.5. The minimum absolute atomic E-state index is 0.447. The van der Waals surface area contributed by atoms with Gasteiger partial charge in [-0.15, -0.1) is 0 Å². The summed E-state index contributed by atoms with van der Waals surface area (Å²) in [5, 5.41) is 10.1. The van der Waals surface area contributed by atoms with Crippen LogP contribution in [0.4, 0.5) is 0 Å². The third-order valence-corrected chi connectivity index (χ3v) is 2.70. The van der Waals surface area contributed by atoms with E-state index in [1.807, 2.05) is 30.3 Å². The molecule has 1 aromatic heterocycles. The minimum atomic E-state index is 0.447. The molecular formula is C12H8ClNO. The van der Waals surface area contributed by atoms with Crippen molar-refractivity contribution in [2.75, 3.05) is 0 Å². The van der Waals surface area contributed by atoms with Crippen LogP contribution in [0.5, 0.6) is 0 Å². The number of halogens is 1. The molecule has 1 heterocycles. The van der Waals surface area contributed by atoms with Gasteiger partial charge in [0.1, 0.15) is 11.8 Å². The lowest BCUT2D eigenvalue weighted by atomic mass is 10.1. The van der Waals surface area contributed by atoms with Crippen LogP contribution in [-0.2, 0) is 0 Å². The Labute approximate surface area is 92.4 Å². The third-order valence-electron chi connectivity index (χ3n) is 2.21. The van der Waals surface area contributed by atoms with Crippen molar-refractivity contribution < 1.29 is 4.42 Å². The summed E-state index contributed by atoms with van der Waals surface area (Å²) in [6, 6.07) is 9.61. The number of rotatable bonds is 1. The van der Waals surface area contributed by atoms with E-state index >= 15 is 0 Å². The lowest BCUT2D eigenvalue weighted by molar-refractivity contribution is 0.615. The van der Waals surface area contributed by atoms with Crippen molar-refractivity contribution >= 4 is 27.6 Å². The van der Waals surface area contributed by atoms with Crippen molar-refractivity contribution in [2.24, 2.45) is 0 Å². The van der Waals surface area contributed by atoms with E-state index in [-0.39, 0.29) is 0 Å². The topological polar surface area (TPSA) is 36.9 Å². The molecule has 0 amide bonds. The molecule has 0 aliphatic carbocycles. The van der Waals surface area contributed by atoms with Gasteiger partial charge in [-0.3, -0.25) is 0 Å². The summed E-state index contributed by atoms with van der Waals surface area (Å²) in [5.41, 5.74) is 2.03. The summed E-state index contributed by atoms with van der Waals surface area (Å²) in [6.45, 7) is 1.68. The predicted molar refractivity (Wildman–Crippen MR) is 60.3 cm³/mol. The van der Waals surface area contributed by atoms with Gasteiger partial charge in [-0.25, -0.2) is 0 Å². The lowest BCUT2D eigenvalue weighted by Gasteiger charge is -1.95. The number of para-hydroxylation sites is 1. The molecule has 0 bridgehead atoms. The summed E-state index contributed by atoms with van der Waals surface area (Å²) >= 11 is 6.07. The van der Waals surface area contributed by atoms with Crippen LogP contribution in [0.15, 0.2) is 40.5 Å². The van der Waals surface area contributed by atoms with E-state index in [0.717, 1.165) is 16.5 Å². The fourth-order valence-corrected chi connectivity index (χ4v) is 1.59. The normalized spacial score (nSPS) is 12.3. The van der Waals surface area contributed by atoms with Gasteiger partial charge >= 0.3 is 0 Å². The number of furan rings is 1. The monoisotopic (exact) mass is 217 g/mol. The molecule has 0 atom stereocenters. The van der Waals surface area contributed by atoms with E-state index in [1.165, 1.54) is 0 Å². The first kappa shape index (κ1) is 9.82. The van der Waals surface area contributed by atoms with Gasteiger partial charge in [-0.2, -0.15) is 5.26 Å². The second kappa shape index (κ2) is 3.80. The van der Waals surface area contributed by atoms with E-state index in [9.17, 15) is 0 Å². The Morgan fingerprint density at radius 3 is 2.87 bits per heavy atom. The average molecular weight is 218 g/mol. The first-order valence-corrected chi connectivity index (χ1v) is 4.85. The fraction of sp³-hybridized carbons (Fsp3) is 0.0833. The number of hydrogen-bond acceptors (Lipinski definition) is 2. The van der Waals surface area contributed by atoms with Gasteiger partial charge in [0.2, 0.25) is 0 Å². The molecule has 3 heteroatoms. The molecule has 1 aromatic carbocycles. The van der Waals surface area contributed by atoms with Crippen LogP contribution in [0.1, 0.15) is 12.5 Å². The second-order valence-corrected chi connectivity index (χ2v) is 3.57. The Morgan fingerprint density at radius 1 is 1.40 bits per heavy atom. The van der Waals surface area contributed by atoms with Crippen LogP contribution in [-0.4, -0.2) is 0 Å². The molecule has 15 heavy (non-hydrogen) atoms. The van der Waals surface area contributed by atoms with Crippen molar-refractivity contribution in [3.63, 3.8) is 0 Å². The molecule has 2 aromatic rings. The maximum absolute atomic E-state index is 8.75. The van der Waals surface area contributed by atoms with E-state index in [0.29, 0.717) is 10.6 Å². The molecular weight excluding hydrogens is 210 g/mol. The van der Waals surface area contributed by atoms with Gasteiger partial charge in [-0.1, -0.05) is 29.8 Å². The van der Waals surface area contributed by atoms with Crippen LogP contribution in [0.2, 0.25) is 0 Å². The molecule has 2 nitrogen and oxygen atoms in total. The predicted octanol–water partition coefficient (Wildman–Crippen LogP) is 3.93. The molecule has 0 fully saturated rings. The number of allylic oxidation sites excluding steroid dienone is 1. The molecule has 0 N–H and O–H groups in total. The van der Waals surface area contributed by atoms with Crippen LogP contribution in [0.25, 0.3) is 16.0 Å². The average Bonchev–Trinajstić information content (AvgIpc) is 2.70. The van der Waals surface area contributed by atoms with Gasteiger partial charge < -0.3 is 4.42 Å². The Hall–Kier alpha value is -1.72. The maximum atomic E-state index is 8.75. The van der Waals surface area contributed by atoms with Gasteiger partial charge in [-0.05, 0) is 13.0 Å². The summed E-state index contributed by atoms with van der Waals surface area (Å²) in [5.74, 6) is 0. The second-order valence-electron chi connectivity index (χ2n) is 3.20. The minimum Gasteiger partial charge on any atom is -0.464 e. The number of nitriles is 1. The molecule has 0 aliphatic rings. The number of nitrogens with zero attached hydrogens (tertiary/aromatic N) is 1. The summed E-state index contributed by atoms with van der Waals surface area (Å²) in [6.07, 6.45) is 1.58. The van der Waals surface area contributed by atoms with Crippen molar-refractivity contribution in [3.8, 4) is 6.07 Å². The first-order valence-electron chi connectivity index (χ1n) is 4.47. The number of hydrogen-bond donors (Lipinski definition) is 0.